The van der Waals surface area contributed by atoms with Crippen molar-refractivity contribution in [2.24, 2.45) is 0 Å². The molecule has 1 unspecified atom stereocenters. The van der Waals surface area contributed by atoms with Crippen molar-refractivity contribution in [1.82, 2.24) is 9.47 Å². The first-order valence-electron chi connectivity index (χ1n) is 11.1. The zero-order chi connectivity index (χ0) is 25.3. The summed E-state index contributed by atoms with van der Waals surface area (Å²) in [5.74, 6) is -1.35. The molecule has 0 radical (unpaired) electrons. The molecule has 4 rings (SSSR count). The molecule has 6 nitrogen and oxygen atoms in total. The number of benzene rings is 2. The maximum absolute atomic E-state index is 14.0. The van der Waals surface area contributed by atoms with Crippen LogP contribution in [0.4, 0.5) is 17.6 Å². The predicted octanol–water partition coefficient (Wildman–Crippen LogP) is 4.67. The Balaban J connectivity index is 1.50. The SMILES string of the molecule is CC(=O)N(CCOc1ccc(C(F)(F)F)cc1)C1CCc2c(c3cc(F)ccc3n2CC(=O)O)C1. The summed E-state index contributed by atoms with van der Waals surface area (Å²) in [7, 11) is 0. The number of nitrogens with zero attached hydrogens (tertiary/aromatic N) is 2. The Morgan fingerprint density at radius 1 is 1.17 bits per heavy atom. The number of carbonyl (C=O) groups excluding carboxylic acids is 1. The topological polar surface area (TPSA) is 71.8 Å². The van der Waals surface area contributed by atoms with Crippen molar-refractivity contribution < 1.29 is 37.0 Å². The van der Waals surface area contributed by atoms with Crippen LogP contribution in [0.3, 0.4) is 0 Å². The molecule has 186 valence electrons. The monoisotopic (exact) mass is 492 g/mol. The summed E-state index contributed by atoms with van der Waals surface area (Å²) in [6.45, 7) is 1.50. The van der Waals surface area contributed by atoms with E-state index in [1.165, 1.54) is 31.2 Å². The third-order valence-electron chi connectivity index (χ3n) is 6.32. The fraction of sp³-hybridized carbons (Fsp3) is 0.360. The van der Waals surface area contributed by atoms with Crippen LogP contribution >= 0.6 is 0 Å². The highest BCUT2D eigenvalue weighted by Crippen LogP contribution is 2.34. The van der Waals surface area contributed by atoms with Crippen LogP contribution in [0.1, 0.15) is 30.2 Å². The highest BCUT2D eigenvalue weighted by Gasteiger charge is 2.31. The lowest BCUT2D eigenvalue weighted by Gasteiger charge is -2.34. The molecule has 0 spiro atoms. The van der Waals surface area contributed by atoms with Gasteiger partial charge in [-0.3, -0.25) is 9.59 Å². The van der Waals surface area contributed by atoms with Gasteiger partial charge in [0.15, 0.2) is 0 Å². The first-order valence-corrected chi connectivity index (χ1v) is 11.1. The standard InChI is InChI=1S/C25H24F4N2O4/c1-15(32)30(10-11-35-19-6-2-16(3-7-19)25(27,28)29)18-5-9-23-21(13-18)20-12-17(26)4-8-22(20)31(23)14-24(33)34/h2-4,6-8,12,18H,5,9-11,13-14H2,1H3,(H,33,34). The van der Waals surface area contributed by atoms with Crippen LogP contribution in [0.25, 0.3) is 10.9 Å². The van der Waals surface area contributed by atoms with Crippen LogP contribution in [0.2, 0.25) is 0 Å². The minimum atomic E-state index is -4.43. The lowest BCUT2D eigenvalue weighted by Crippen LogP contribution is -2.44. The molecule has 10 heteroatoms. The average Bonchev–Trinajstić information content (AvgIpc) is 3.08. The average molecular weight is 492 g/mol. The van der Waals surface area contributed by atoms with Crippen LogP contribution in [-0.4, -0.2) is 45.6 Å². The van der Waals surface area contributed by atoms with Crippen molar-refractivity contribution in [2.75, 3.05) is 13.2 Å². The number of halogens is 4. The van der Waals surface area contributed by atoms with Gasteiger partial charge in [-0.15, -0.1) is 0 Å². The Morgan fingerprint density at radius 2 is 1.89 bits per heavy atom. The largest absolute Gasteiger partial charge is 0.492 e. The summed E-state index contributed by atoms with van der Waals surface area (Å²) in [6, 6.07) is 8.40. The van der Waals surface area contributed by atoms with Gasteiger partial charge in [0.2, 0.25) is 5.91 Å². The highest BCUT2D eigenvalue weighted by molar-refractivity contribution is 5.87. The van der Waals surface area contributed by atoms with Crippen LogP contribution in [0, 0.1) is 5.82 Å². The van der Waals surface area contributed by atoms with Crippen molar-refractivity contribution in [3.05, 3.63) is 65.1 Å². The zero-order valence-electron chi connectivity index (χ0n) is 18.9. The second kappa shape index (κ2) is 9.59. The normalized spacial score (nSPS) is 15.6. The van der Waals surface area contributed by atoms with Gasteiger partial charge >= 0.3 is 12.1 Å². The summed E-state index contributed by atoms with van der Waals surface area (Å²) in [4.78, 5) is 25.5. The van der Waals surface area contributed by atoms with Crippen molar-refractivity contribution in [2.45, 2.75) is 44.9 Å². The van der Waals surface area contributed by atoms with E-state index in [0.717, 1.165) is 23.4 Å². The maximum Gasteiger partial charge on any atom is 0.416 e. The molecular weight excluding hydrogens is 468 g/mol. The number of fused-ring (bicyclic) bond motifs is 3. The van der Waals surface area contributed by atoms with Crippen molar-refractivity contribution >= 4 is 22.8 Å². The van der Waals surface area contributed by atoms with Gasteiger partial charge < -0.3 is 19.3 Å². The van der Waals surface area contributed by atoms with E-state index in [4.69, 9.17) is 4.74 Å². The van der Waals surface area contributed by atoms with E-state index in [-0.39, 0.29) is 37.4 Å². The fourth-order valence-electron chi connectivity index (χ4n) is 4.78. The van der Waals surface area contributed by atoms with Gasteiger partial charge in [0.05, 0.1) is 12.1 Å². The lowest BCUT2D eigenvalue weighted by molar-refractivity contribution is -0.138. The van der Waals surface area contributed by atoms with E-state index in [1.807, 2.05) is 0 Å². The van der Waals surface area contributed by atoms with Gasteiger partial charge in [-0.25, -0.2) is 4.39 Å². The number of hydrogen-bond acceptors (Lipinski definition) is 3. The van der Waals surface area contributed by atoms with Crippen LogP contribution in [0.5, 0.6) is 5.75 Å². The molecule has 1 amide bonds. The second-order valence-electron chi connectivity index (χ2n) is 8.55. The summed E-state index contributed by atoms with van der Waals surface area (Å²) >= 11 is 0. The van der Waals surface area contributed by atoms with Gasteiger partial charge in [-0.2, -0.15) is 13.2 Å². The number of amides is 1. The minimum Gasteiger partial charge on any atom is -0.492 e. The summed E-state index contributed by atoms with van der Waals surface area (Å²) < 4.78 is 59.4. The molecule has 1 N–H and O–H groups in total. The molecule has 1 aliphatic carbocycles. The Bertz CT molecular complexity index is 1250. The number of alkyl halides is 3. The first kappa shape index (κ1) is 24.6. The number of aliphatic carboxylic acids is 1. The number of ether oxygens (including phenoxy) is 1. The Labute approximate surface area is 198 Å². The lowest BCUT2D eigenvalue weighted by atomic mass is 9.90. The molecule has 0 saturated heterocycles. The Hall–Kier alpha value is -3.56. The Kier molecular flexibility index (Phi) is 6.73. The number of aromatic nitrogens is 1. The van der Waals surface area contributed by atoms with Crippen molar-refractivity contribution in [3.63, 3.8) is 0 Å². The quantitative estimate of drug-likeness (QED) is 0.487. The molecule has 1 aliphatic rings. The van der Waals surface area contributed by atoms with Crippen LogP contribution < -0.4 is 4.74 Å². The summed E-state index contributed by atoms with van der Waals surface area (Å²) in [5, 5.41) is 9.98. The summed E-state index contributed by atoms with van der Waals surface area (Å²) in [5.41, 5.74) is 1.52. The van der Waals surface area contributed by atoms with E-state index >= 15 is 0 Å². The van der Waals surface area contributed by atoms with E-state index < -0.39 is 23.5 Å². The minimum absolute atomic E-state index is 0.0870. The van der Waals surface area contributed by atoms with E-state index in [9.17, 15) is 32.3 Å². The number of carboxylic acids is 1. The number of carbonyl (C=O) groups is 2. The molecule has 2 aromatic carbocycles. The molecule has 1 atom stereocenters. The zero-order valence-corrected chi connectivity index (χ0v) is 18.9. The van der Waals surface area contributed by atoms with Crippen molar-refractivity contribution in [1.29, 1.82) is 0 Å². The molecule has 0 fully saturated rings. The van der Waals surface area contributed by atoms with Gasteiger partial charge in [-0.05, 0) is 67.3 Å². The third-order valence-corrected chi connectivity index (χ3v) is 6.32. The van der Waals surface area contributed by atoms with E-state index in [2.05, 4.69) is 0 Å². The highest BCUT2D eigenvalue weighted by atomic mass is 19.4. The van der Waals surface area contributed by atoms with Gasteiger partial charge in [-0.1, -0.05) is 0 Å². The number of hydrogen-bond donors (Lipinski definition) is 1. The van der Waals surface area contributed by atoms with E-state index in [1.54, 1.807) is 15.5 Å². The Morgan fingerprint density at radius 3 is 2.51 bits per heavy atom. The van der Waals surface area contributed by atoms with Crippen LogP contribution in [-0.2, 0) is 35.2 Å². The number of rotatable bonds is 7. The summed E-state index contributed by atoms with van der Waals surface area (Å²) in [6.07, 6.45) is -2.89. The fourth-order valence-corrected chi connectivity index (χ4v) is 4.78. The van der Waals surface area contributed by atoms with Gasteiger partial charge in [0.25, 0.3) is 0 Å². The van der Waals surface area contributed by atoms with Crippen LogP contribution in [0.15, 0.2) is 42.5 Å². The second-order valence-corrected chi connectivity index (χ2v) is 8.55. The molecule has 35 heavy (non-hydrogen) atoms. The maximum atomic E-state index is 14.0. The number of carboxylic acid groups (broad SMARTS) is 1. The first-order chi connectivity index (χ1) is 16.5. The molecular formula is C25H24F4N2O4. The molecule has 0 aliphatic heterocycles. The smallest absolute Gasteiger partial charge is 0.416 e. The van der Waals surface area contributed by atoms with Crippen molar-refractivity contribution in [3.8, 4) is 5.75 Å². The third kappa shape index (κ3) is 5.26. The molecule has 0 saturated carbocycles. The predicted molar refractivity (Wildman–Crippen MR) is 120 cm³/mol. The van der Waals surface area contributed by atoms with E-state index in [0.29, 0.717) is 30.2 Å². The van der Waals surface area contributed by atoms with Gasteiger partial charge in [0, 0.05) is 29.6 Å². The van der Waals surface area contributed by atoms with Gasteiger partial charge in [0.1, 0.15) is 24.7 Å². The molecule has 0 bridgehead atoms. The molecule has 1 heterocycles. The molecule has 3 aromatic rings. The molecule has 1 aromatic heterocycles.